The molecule has 1 aromatic carbocycles. The van der Waals surface area contributed by atoms with E-state index in [4.69, 9.17) is 0 Å². The fraction of sp³-hybridized carbons (Fsp3) is 0.389. The Morgan fingerprint density at radius 2 is 1.96 bits per heavy atom. The van der Waals surface area contributed by atoms with E-state index in [1.165, 1.54) is 23.6 Å². The van der Waals surface area contributed by atoms with Gasteiger partial charge in [0.15, 0.2) is 0 Å². The van der Waals surface area contributed by atoms with Crippen molar-refractivity contribution in [2.75, 3.05) is 6.54 Å². The maximum Gasteiger partial charge on any atom is 0.267 e. The van der Waals surface area contributed by atoms with Gasteiger partial charge in [0.1, 0.15) is 6.54 Å². The molecule has 1 amide bonds. The molecule has 0 saturated heterocycles. The highest BCUT2D eigenvalue weighted by Gasteiger charge is 2.20. The number of aryl methyl sites for hydroxylation is 1. The summed E-state index contributed by atoms with van der Waals surface area (Å²) in [5, 5.41) is 7.17. The monoisotopic (exact) mass is 311 g/mol. The van der Waals surface area contributed by atoms with Crippen molar-refractivity contribution in [2.24, 2.45) is 5.92 Å². The van der Waals surface area contributed by atoms with Crippen molar-refractivity contribution in [3.63, 3.8) is 0 Å². The van der Waals surface area contributed by atoms with Crippen molar-refractivity contribution in [1.29, 1.82) is 0 Å². The zero-order valence-electron chi connectivity index (χ0n) is 13.3. The lowest BCUT2D eigenvalue weighted by atomic mass is 10.1. The minimum Gasteiger partial charge on any atom is -0.354 e. The van der Waals surface area contributed by atoms with Crippen LogP contribution in [0.15, 0.2) is 41.2 Å². The molecule has 0 unspecified atom stereocenters. The van der Waals surface area contributed by atoms with Gasteiger partial charge in [0.05, 0.1) is 5.69 Å². The van der Waals surface area contributed by atoms with Crippen molar-refractivity contribution >= 4 is 5.91 Å². The van der Waals surface area contributed by atoms with E-state index < -0.39 is 0 Å². The molecular weight excluding hydrogens is 290 g/mol. The molecule has 23 heavy (non-hydrogen) atoms. The van der Waals surface area contributed by atoms with Crippen LogP contribution in [-0.4, -0.2) is 22.2 Å². The Hall–Kier alpha value is -2.43. The first-order chi connectivity index (χ1) is 11.1. The Balaban J connectivity index is 1.68. The van der Waals surface area contributed by atoms with Gasteiger partial charge in [-0.3, -0.25) is 9.59 Å². The molecule has 1 aromatic heterocycles. The summed E-state index contributed by atoms with van der Waals surface area (Å²) in [6.45, 7) is 2.66. The number of carbonyl (C=O) groups excluding carboxylic acids is 1. The van der Waals surface area contributed by atoms with Crippen LogP contribution >= 0.6 is 0 Å². The van der Waals surface area contributed by atoms with E-state index in [1.807, 2.05) is 31.2 Å². The zero-order valence-corrected chi connectivity index (χ0v) is 13.3. The van der Waals surface area contributed by atoms with Crippen LogP contribution in [0, 0.1) is 12.8 Å². The van der Waals surface area contributed by atoms with E-state index in [2.05, 4.69) is 10.4 Å². The second kappa shape index (κ2) is 6.77. The average Bonchev–Trinajstić information content (AvgIpc) is 3.35. The second-order valence-electron chi connectivity index (χ2n) is 6.16. The summed E-state index contributed by atoms with van der Waals surface area (Å²) in [6.07, 6.45) is 3.57. The highest BCUT2D eigenvalue weighted by molar-refractivity contribution is 5.75. The number of carbonyl (C=O) groups is 1. The van der Waals surface area contributed by atoms with Crippen molar-refractivity contribution in [2.45, 2.75) is 32.7 Å². The number of nitrogens with one attached hydrogen (secondary N) is 1. The number of benzene rings is 1. The molecule has 0 radical (unpaired) electrons. The zero-order chi connectivity index (χ0) is 16.2. The molecule has 1 saturated carbocycles. The number of hydrogen-bond donors (Lipinski definition) is 1. The quantitative estimate of drug-likeness (QED) is 0.889. The first-order valence-corrected chi connectivity index (χ1v) is 8.04. The van der Waals surface area contributed by atoms with E-state index in [-0.39, 0.29) is 18.0 Å². The van der Waals surface area contributed by atoms with Crippen molar-refractivity contribution in [3.8, 4) is 11.3 Å². The number of nitrogens with zero attached hydrogens (tertiary/aromatic N) is 2. The fourth-order valence-electron chi connectivity index (χ4n) is 2.45. The van der Waals surface area contributed by atoms with E-state index in [0.717, 1.165) is 23.5 Å². The normalized spacial score (nSPS) is 13.8. The molecule has 1 N–H and O–H groups in total. The third-order valence-corrected chi connectivity index (χ3v) is 4.08. The highest BCUT2D eigenvalue weighted by Crippen LogP contribution is 2.31. The Bertz CT molecular complexity index is 746. The molecule has 1 aliphatic rings. The minimum absolute atomic E-state index is 0.0385. The summed E-state index contributed by atoms with van der Waals surface area (Å²) < 4.78 is 1.22. The van der Waals surface area contributed by atoms with E-state index in [1.54, 1.807) is 6.07 Å². The summed E-state index contributed by atoms with van der Waals surface area (Å²) in [5.41, 5.74) is 2.52. The summed E-state index contributed by atoms with van der Waals surface area (Å²) in [5.74, 6) is 0.613. The number of amides is 1. The molecule has 1 heterocycles. The smallest absolute Gasteiger partial charge is 0.267 e. The molecule has 1 fully saturated rings. The van der Waals surface area contributed by atoms with E-state index >= 15 is 0 Å². The van der Waals surface area contributed by atoms with Gasteiger partial charge in [-0.15, -0.1) is 0 Å². The van der Waals surface area contributed by atoms with Gasteiger partial charge < -0.3 is 5.32 Å². The Morgan fingerprint density at radius 3 is 2.65 bits per heavy atom. The van der Waals surface area contributed by atoms with Crippen molar-refractivity contribution in [3.05, 3.63) is 52.3 Å². The highest BCUT2D eigenvalue weighted by atomic mass is 16.2. The minimum atomic E-state index is -0.266. The molecule has 1 aliphatic carbocycles. The molecule has 0 spiro atoms. The van der Waals surface area contributed by atoms with Crippen LogP contribution in [0.1, 0.15) is 24.8 Å². The molecule has 5 nitrogen and oxygen atoms in total. The van der Waals surface area contributed by atoms with Crippen LogP contribution in [0.25, 0.3) is 11.3 Å². The van der Waals surface area contributed by atoms with Crippen molar-refractivity contribution in [1.82, 2.24) is 15.1 Å². The average molecular weight is 311 g/mol. The van der Waals surface area contributed by atoms with Gasteiger partial charge in [-0.1, -0.05) is 42.7 Å². The molecule has 3 rings (SSSR count). The predicted octanol–water partition coefficient (Wildman–Crippen LogP) is 2.14. The van der Waals surface area contributed by atoms with E-state index in [9.17, 15) is 9.59 Å². The van der Waals surface area contributed by atoms with Crippen LogP contribution in [0.3, 0.4) is 0 Å². The molecule has 0 bridgehead atoms. The molecule has 0 atom stereocenters. The molecular formula is C18H21N3O2. The molecule has 0 aliphatic heterocycles. The van der Waals surface area contributed by atoms with Gasteiger partial charge in [0.25, 0.3) is 5.56 Å². The van der Waals surface area contributed by atoms with Crippen LogP contribution in [0.5, 0.6) is 0 Å². The summed E-state index contributed by atoms with van der Waals surface area (Å²) in [6, 6.07) is 11.1. The summed E-state index contributed by atoms with van der Waals surface area (Å²) in [7, 11) is 0. The fourth-order valence-corrected chi connectivity index (χ4v) is 2.45. The Labute approximate surface area is 135 Å². The molecule has 5 heteroatoms. The van der Waals surface area contributed by atoms with Gasteiger partial charge in [-0.05, 0) is 25.3 Å². The lowest BCUT2D eigenvalue weighted by molar-refractivity contribution is -0.121. The Morgan fingerprint density at radius 1 is 1.22 bits per heavy atom. The van der Waals surface area contributed by atoms with Crippen LogP contribution in [0.4, 0.5) is 0 Å². The van der Waals surface area contributed by atoms with Crippen LogP contribution < -0.4 is 10.9 Å². The first-order valence-electron chi connectivity index (χ1n) is 8.04. The maximum atomic E-state index is 11.9. The summed E-state index contributed by atoms with van der Waals surface area (Å²) in [4.78, 5) is 23.9. The van der Waals surface area contributed by atoms with Crippen LogP contribution in [0.2, 0.25) is 0 Å². The van der Waals surface area contributed by atoms with E-state index in [0.29, 0.717) is 12.2 Å². The summed E-state index contributed by atoms with van der Waals surface area (Å²) >= 11 is 0. The lowest BCUT2D eigenvalue weighted by Gasteiger charge is -2.08. The standard InChI is InChI=1S/C18H21N3O2/c1-13-2-6-15(7-3-13)16-8-9-18(23)21(20-16)12-17(22)19-11-10-14-4-5-14/h2-3,6-9,14H,4-5,10-12H2,1H3,(H,19,22). The van der Waals surface area contributed by atoms with Gasteiger partial charge in [0.2, 0.25) is 5.91 Å². The lowest BCUT2D eigenvalue weighted by Crippen LogP contribution is -2.34. The predicted molar refractivity (Wildman–Crippen MR) is 89.0 cm³/mol. The number of aromatic nitrogens is 2. The topological polar surface area (TPSA) is 64.0 Å². The SMILES string of the molecule is Cc1ccc(-c2ccc(=O)n(CC(=O)NCCC3CC3)n2)cc1. The third kappa shape index (κ3) is 4.28. The third-order valence-electron chi connectivity index (χ3n) is 4.08. The van der Waals surface area contributed by atoms with Crippen molar-refractivity contribution < 1.29 is 4.79 Å². The first kappa shape index (κ1) is 15.5. The van der Waals surface area contributed by atoms with Crippen LogP contribution in [-0.2, 0) is 11.3 Å². The van der Waals surface area contributed by atoms with Gasteiger partial charge in [0, 0.05) is 18.2 Å². The Kier molecular flexibility index (Phi) is 4.55. The molecule has 120 valence electrons. The van der Waals surface area contributed by atoms with Gasteiger partial charge >= 0.3 is 0 Å². The van der Waals surface area contributed by atoms with Gasteiger partial charge in [-0.2, -0.15) is 5.10 Å². The molecule has 2 aromatic rings. The maximum absolute atomic E-state index is 11.9. The second-order valence-corrected chi connectivity index (χ2v) is 6.16. The number of hydrogen-bond acceptors (Lipinski definition) is 3. The number of rotatable bonds is 6. The largest absolute Gasteiger partial charge is 0.354 e. The van der Waals surface area contributed by atoms with Gasteiger partial charge in [-0.25, -0.2) is 4.68 Å².